The van der Waals surface area contributed by atoms with Gasteiger partial charge in [0.25, 0.3) is 0 Å². The van der Waals surface area contributed by atoms with Crippen LogP contribution in [0.15, 0.2) is 36.8 Å². The molecule has 170 valence electrons. The van der Waals surface area contributed by atoms with Gasteiger partial charge in [-0.05, 0) is 31.5 Å². The van der Waals surface area contributed by atoms with E-state index >= 15 is 0 Å². The van der Waals surface area contributed by atoms with Crippen molar-refractivity contribution in [1.29, 1.82) is 0 Å². The van der Waals surface area contributed by atoms with Crippen LogP contribution in [0.2, 0.25) is 0 Å². The molecule has 1 aliphatic rings. The molecule has 0 amide bonds. The summed E-state index contributed by atoms with van der Waals surface area (Å²) in [5.41, 5.74) is 3.79. The molecule has 0 N–H and O–H groups in total. The summed E-state index contributed by atoms with van der Waals surface area (Å²) in [7, 11) is -1.50. The highest BCUT2D eigenvalue weighted by molar-refractivity contribution is 7.88. The number of hydrogen-bond donors (Lipinski definition) is 0. The van der Waals surface area contributed by atoms with Crippen LogP contribution in [0.25, 0.3) is 5.69 Å². The van der Waals surface area contributed by atoms with Gasteiger partial charge in [0, 0.05) is 50.6 Å². The highest BCUT2D eigenvalue weighted by atomic mass is 32.2. The fourth-order valence-electron chi connectivity index (χ4n) is 3.88. The topological polar surface area (TPSA) is 93.5 Å². The Labute approximate surface area is 188 Å². The van der Waals surface area contributed by atoms with Crippen LogP contribution >= 0.6 is 0 Å². The standard InChI is InChI=1S/C22H28N6O3S/c1-16-11-22(26-7-9-28(10-8-26)32(4,29)30)25-21(24-16)13-18-5-6-19(20(12-18)31-3)27-14-17(2)23-15-27/h5-6,11-12,14-15H,7-10,13H2,1-4H3. The number of aryl methyl sites for hydroxylation is 2. The van der Waals surface area contributed by atoms with Crippen LogP contribution in [0.5, 0.6) is 5.75 Å². The van der Waals surface area contributed by atoms with E-state index in [0.29, 0.717) is 32.6 Å². The monoisotopic (exact) mass is 456 g/mol. The Morgan fingerprint density at radius 3 is 2.41 bits per heavy atom. The van der Waals surface area contributed by atoms with Crippen LogP contribution in [-0.2, 0) is 16.4 Å². The van der Waals surface area contributed by atoms with E-state index in [1.807, 2.05) is 48.9 Å². The lowest BCUT2D eigenvalue weighted by molar-refractivity contribution is 0.386. The third-order valence-corrected chi connectivity index (χ3v) is 6.82. The molecule has 4 rings (SSSR count). The summed E-state index contributed by atoms with van der Waals surface area (Å²) >= 11 is 0. The molecule has 2 aromatic heterocycles. The maximum Gasteiger partial charge on any atom is 0.211 e. The second kappa shape index (κ2) is 8.87. The van der Waals surface area contributed by atoms with E-state index < -0.39 is 10.0 Å². The van der Waals surface area contributed by atoms with Crippen molar-refractivity contribution in [3.8, 4) is 11.4 Å². The minimum Gasteiger partial charge on any atom is -0.495 e. The van der Waals surface area contributed by atoms with Gasteiger partial charge in [-0.1, -0.05) is 6.07 Å². The van der Waals surface area contributed by atoms with Crippen molar-refractivity contribution in [1.82, 2.24) is 23.8 Å². The van der Waals surface area contributed by atoms with Crippen LogP contribution in [0.1, 0.15) is 22.8 Å². The van der Waals surface area contributed by atoms with Gasteiger partial charge >= 0.3 is 0 Å². The van der Waals surface area contributed by atoms with Crippen LogP contribution in [0.3, 0.4) is 0 Å². The smallest absolute Gasteiger partial charge is 0.211 e. The SMILES string of the molecule is COc1cc(Cc2nc(C)cc(N3CCN(S(C)(=O)=O)CC3)n2)ccc1-n1cnc(C)c1. The fraction of sp³-hybridized carbons (Fsp3) is 0.409. The lowest BCUT2D eigenvalue weighted by Gasteiger charge is -2.34. The number of piperazine rings is 1. The molecule has 0 atom stereocenters. The van der Waals surface area contributed by atoms with Crippen LogP contribution in [-0.4, -0.2) is 71.8 Å². The van der Waals surface area contributed by atoms with E-state index in [9.17, 15) is 8.42 Å². The summed E-state index contributed by atoms with van der Waals surface area (Å²) in [6.07, 6.45) is 5.55. The molecule has 0 aliphatic carbocycles. The third-order valence-electron chi connectivity index (χ3n) is 5.51. The molecule has 0 spiro atoms. The second-order valence-corrected chi connectivity index (χ2v) is 10.0. The zero-order valence-corrected chi connectivity index (χ0v) is 19.6. The number of ether oxygens (including phenoxy) is 1. The minimum absolute atomic E-state index is 0.462. The highest BCUT2D eigenvalue weighted by Gasteiger charge is 2.24. The third kappa shape index (κ3) is 4.91. The predicted octanol–water partition coefficient (Wildman–Crippen LogP) is 1.96. The Hall–Kier alpha value is -2.98. The van der Waals surface area contributed by atoms with E-state index in [4.69, 9.17) is 9.72 Å². The molecule has 32 heavy (non-hydrogen) atoms. The summed E-state index contributed by atoms with van der Waals surface area (Å²) in [6.45, 7) is 6.04. The van der Waals surface area contributed by atoms with Gasteiger partial charge in [-0.25, -0.2) is 23.4 Å². The Morgan fingerprint density at radius 2 is 1.78 bits per heavy atom. The number of sulfonamides is 1. The quantitative estimate of drug-likeness (QED) is 0.560. The first-order chi connectivity index (χ1) is 15.2. The number of methoxy groups -OCH3 is 1. The average Bonchev–Trinajstić information content (AvgIpc) is 3.18. The van der Waals surface area contributed by atoms with Gasteiger partial charge in [0.15, 0.2) is 0 Å². The molecule has 3 heterocycles. The first-order valence-electron chi connectivity index (χ1n) is 10.5. The first kappa shape index (κ1) is 22.2. The Kier molecular flexibility index (Phi) is 6.16. The molecule has 9 nitrogen and oxygen atoms in total. The van der Waals surface area contributed by atoms with E-state index in [1.54, 1.807) is 13.4 Å². The molecule has 0 bridgehead atoms. The zero-order valence-electron chi connectivity index (χ0n) is 18.8. The van der Waals surface area contributed by atoms with Crippen molar-refractivity contribution in [2.45, 2.75) is 20.3 Å². The van der Waals surface area contributed by atoms with Crippen molar-refractivity contribution >= 4 is 15.8 Å². The molecular formula is C22H28N6O3S. The lowest BCUT2D eigenvalue weighted by Crippen LogP contribution is -2.48. The largest absolute Gasteiger partial charge is 0.495 e. The van der Waals surface area contributed by atoms with Gasteiger partial charge in [-0.15, -0.1) is 0 Å². The molecular weight excluding hydrogens is 428 g/mol. The van der Waals surface area contributed by atoms with Crippen molar-refractivity contribution in [2.75, 3.05) is 44.4 Å². The zero-order chi connectivity index (χ0) is 22.9. The van der Waals surface area contributed by atoms with Gasteiger partial charge in [0.1, 0.15) is 17.4 Å². The summed E-state index contributed by atoms with van der Waals surface area (Å²) < 4.78 is 32.6. The van der Waals surface area contributed by atoms with Gasteiger partial charge in [0.05, 0.1) is 31.1 Å². The highest BCUT2D eigenvalue weighted by Crippen LogP contribution is 2.26. The Balaban J connectivity index is 1.53. The molecule has 0 saturated carbocycles. The molecule has 1 aromatic carbocycles. The number of benzene rings is 1. The molecule has 3 aromatic rings. The predicted molar refractivity (Wildman–Crippen MR) is 123 cm³/mol. The van der Waals surface area contributed by atoms with E-state index in [-0.39, 0.29) is 0 Å². The van der Waals surface area contributed by atoms with Crippen LogP contribution in [0, 0.1) is 13.8 Å². The minimum atomic E-state index is -3.16. The van der Waals surface area contributed by atoms with Crippen LogP contribution in [0.4, 0.5) is 5.82 Å². The maximum absolute atomic E-state index is 11.8. The molecule has 0 unspecified atom stereocenters. The van der Waals surface area contributed by atoms with E-state index in [1.165, 1.54) is 10.6 Å². The van der Waals surface area contributed by atoms with Gasteiger partial charge in [0.2, 0.25) is 10.0 Å². The molecule has 1 saturated heterocycles. The summed E-state index contributed by atoms with van der Waals surface area (Å²) in [6, 6.07) is 8.01. The first-order valence-corrected chi connectivity index (χ1v) is 12.3. The Morgan fingerprint density at radius 1 is 1.03 bits per heavy atom. The number of rotatable bonds is 6. The maximum atomic E-state index is 11.8. The van der Waals surface area contributed by atoms with Crippen molar-refractivity contribution in [3.63, 3.8) is 0 Å². The van der Waals surface area contributed by atoms with Crippen LogP contribution < -0.4 is 9.64 Å². The summed E-state index contributed by atoms with van der Waals surface area (Å²) in [5.74, 6) is 2.31. The average molecular weight is 457 g/mol. The number of nitrogens with zero attached hydrogens (tertiary/aromatic N) is 6. The van der Waals surface area contributed by atoms with E-state index in [2.05, 4.69) is 14.9 Å². The van der Waals surface area contributed by atoms with Crippen molar-refractivity contribution < 1.29 is 13.2 Å². The van der Waals surface area contributed by atoms with E-state index in [0.717, 1.165) is 40.0 Å². The van der Waals surface area contributed by atoms with Crippen molar-refractivity contribution in [3.05, 3.63) is 59.6 Å². The van der Waals surface area contributed by atoms with Gasteiger partial charge in [-0.2, -0.15) is 4.31 Å². The fourth-order valence-corrected chi connectivity index (χ4v) is 4.71. The Bertz CT molecular complexity index is 1220. The van der Waals surface area contributed by atoms with Gasteiger partial charge < -0.3 is 14.2 Å². The number of aromatic nitrogens is 4. The second-order valence-electron chi connectivity index (χ2n) is 8.04. The molecule has 1 aliphatic heterocycles. The number of anilines is 1. The molecule has 0 radical (unpaired) electrons. The normalized spacial score (nSPS) is 15.2. The lowest BCUT2D eigenvalue weighted by atomic mass is 10.1. The molecule has 1 fully saturated rings. The summed E-state index contributed by atoms with van der Waals surface area (Å²) in [4.78, 5) is 15.8. The number of hydrogen-bond acceptors (Lipinski definition) is 7. The molecule has 10 heteroatoms. The summed E-state index contributed by atoms with van der Waals surface area (Å²) in [5, 5.41) is 0. The van der Waals surface area contributed by atoms with Crippen molar-refractivity contribution in [2.24, 2.45) is 0 Å². The van der Waals surface area contributed by atoms with Gasteiger partial charge in [-0.3, -0.25) is 0 Å². The number of imidazole rings is 1.